The number of nitrogens with zero attached hydrogens (tertiary/aromatic N) is 1. The fourth-order valence-electron chi connectivity index (χ4n) is 1.83. The summed E-state index contributed by atoms with van der Waals surface area (Å²) in [5, 5.41) is 0. The predicted octanol–water partition coefficient (Wildman–Crippen LogP) is 2.58. The molecule has 0 spiro atoms. The van der Waals surface area contributed by atoms with Crippen molar-refractivity contribution in [2.45, 2.75) is 12.7 Å². The topological polar surface area (TPSA) is 31.2 Å². The zero-order valence-corrected chi connectivity index (χ0v) is 11.3. The molecule has 0 amide bonds. The van der Waals surface area contributed by atoms with Crippen LogP contribution in [0.1, 0.15) is 11.3 Å². The van der Waals surface area contributed by atoms with Crippen LogP contribution in [0.4, 0.5) is 0 Å². The number of thiol groups is 1. The van der Waals surface area contributed by atoms with E-state index in [0.717, 1.165) is 17.1 Å². The van der Waals surface area contributed by atoms with Gasteiger partial charge >= 0.3 is 0 Å². The number of hydrogen-bond acceptors (Lipinski definition) is 3. The summed E-state index contributed by atoms with van der Waals surface area (Å²) in [5.74, 6) is 1.22. The van der Waals surface area contributed by atoms with Gasteiger partial charge in [-0.1, -0.05) is 6.07 Å². The average molecular weight is 261 g/mol. The fourth-order valence-corrected chi connectivity index (χ4v) is 2.07. The van der Waals surface area contributed by atoms with Gasteiger partial charge in [0.2, 0.25) is 0 Å². The maximum atomic E-state index is 11.7. The van der Waals surface area contributed by atoms with Crippen molar-refractivity contribution in [3.63, 3.8) is 0 Å². The number of aromatic nitrogens is 1. The lowest BCUT2D eigenvalue weighted by Crippen LogP contribution is -2.13. The molecular formula is C14H15NO2S. The zero-order valence-electron chi connectivity index (χ0n) is 10.4. The van der Waals surface area contributed by atoms with Gasteiger partial charge in [-0.2, -0.15) is 12.6 Å². The molecule has 1 aromatic heterocycles. The molecule has 3 nitrogen and oxygen atoms in total. The van der Waals surface area contributed by atoms with Crippen LogP contribution in [0.15, 0.2) is 41.3 Å². The Labute approximate surface area is 111 Å². The second-order valence-corrected chi connectivity index (χ2v) is 4.35. The quantitative estimate of drug-likeness (QED) is 0.861. The first-order valence-electron chi connectivity index (χ1n) is 5.63. The molecule has 1 aromatic carbocycles. The molecule has 0 atom stereocenters. The lowest BCUT2D eigenvalue weighted by atomic mass is 10.2. The molecule has 0 aliphatic carbocycles. The van der Waals surface area contributed by atoms with Gasteiger partial charge in [0.25, 0.3) is 0 Å². The van der Waals surface area contributed by atoms with Gasteiger partial charge in [-0.05, 0) is 19.1 Å². The van der Waals surface area contributed by atoms with Crippen LogP contribution in [0, 0.1) is 6.92 Å². The van der Waals surface area contributed by atoms with Gasteiger partial charge in [-0.15, -0.1) is 0 Å². The van der Waals surface area contributed by atoms with Crippen molar-refractivity contribution in [1.82, 2.24) is 4.57 Å². The number of methoxy groups -OCH3 is 1. The van der Waals surface area contributed by atoms with Crippen molar-refractivity contribution >= 4 is 12.6 Å². The summed E-state index contributed by atoms with van der Waals surface area (Å²) < 4.78 is 7.17. The Hall–Kier alpha value is -1.68. The van der Waals surface area contributed by atoms with Gasteiger partial charge in [0.05, 0.1) is 7.11 Å². The molecule has 0 radical (unpaired) electrons. The summed E-state index contributed by atoms with van der Waals surface area (Å²) in [4.78, 5) is 11.7. The minimum atomic E-state index is 0.0293. The normalized spacial score (nSPS) is 10.4. The Kier molecular flexibility index (Phi) is 3.77. The van der Waals surface area contributed by atoms with Crippen molar-refractivity contribution < 1.29 is 4.74 Å². The van der Waals surface area contributed by atoms with Crippen LogP contribution < -0.4 is 10.2 Å². The van der Waals surface area contributed by atoms with Crippen molar-refractivity contribution in [3.05, 3.63) is 58.0 Å². The number of rotatable bonds is 3. The maximum Gasteiger partial charge on any atom is 0.185 e. The second kappa shape index (κ2) is 5.31. The van der Waals surface area contributed by atoms with E-state index in [1.165, 1.54) is 0 Å². The van der Waals surface area contributed by atoms with E-state index < -0.39 is 0 Å². The number of ether oxygens (including phenoxy) is 1. The highest BCUT2D eigenvalue weighted by atomic mass is 32.1. The first kappa shape index (κ1) is 12.8. The lowest BCUT2D eigenvalue weighted by molar-refractivity contribution is 0.414. The minimum absolute atomic E-state index is 0.0293. The highest BCUT2D eigenvalue weighted by Gasteiger charge is 2.05. The van der Waals surface area contributed by atoms with Crippen LogP contribution in [0.3, 0.4) is 0 Å². The molecule has 0 saturated carbocycles. The largest absolute Gasteiger partial charge is 0.497 e. The van der Waals surface area contributed by atoms with Crippen LogP contribution >= 0.6 is 12.6 Å². The molecule has 0 saturated heterocycles. The standard InChI is InChI=1S/C14H15NO2S/c1-10-6-14(16)11(9-18)8-15(10)12-4-3-5-13(7-12)17-2/h3-8,18H,9H2,1-2H3. The van der Waals surface area contributed by atoms with Crippen LogP contribution in [0.25, 0.3) is 5.69 Å². The summed E-state index contributed by atoms with van der Waals surface area (Å²) in [5.41, 5.74) is 2.57. The van der Waals surface area contributed by atoms with Crippen LogP contribution in [-0.4, -0.2) is 11.7 Å². The van der Waals surface area contributed by atoms with E-state index >= 15 is 0 Å². The van der Waals surface area contributed by atoms with E-state index in [0.29, 0.717) is 11.3 Å². The van der Waals surface area contributed by atoms with Gasteiger partial charge in [0, 0.05) is 41.0 Å². The molecule has 0 aliphatic rings. The van der Waals surface area contributed by atoms with Gasteiger partial charge < -0.3 is 9.30 Å². The molecule has 2 rings (SSSR count). The molecule has 1 heterocycles. The van der Waals surface area contributed by atoms with Crippen LogP contribution in [0.2, 0.25) is 0 Å². The molecule has 94 valence electrons. The third-order valence-corrected chi connectivity index (χ3v) is 3.16. The molecule has 0 bridgehead atoms. The Bertz CT molecular complexity index is 619. The molecule has 0 fully saturated rings. The highest BCUT2D eigenvalue weighted by molar-refractivity contribution is 7.79. The summed E-state index contributed by atoms with van der Waals surface area (Å²) in [6, 6.07) is 9.35. The summed E-state index contributed by atoms with van der Waals surface area (Å²) in [6.45, 7) is 1.91. The monoisotopic (exact) mass is 261 g/mol. The van der Waals surface area contributed by atoms with E-state index in [1.54, 1.807) is 13.2 Å². The molecule has 4 heteroatoms. The van der Waals surface area contributed by atoms with Gasteiger partial charge in [-0.3, -0.25) is 4.79 Å². The van der Waals surface area contributed by atoms with Gasteiger partial charge in [0.1, 0.15) is 5.75 Å². The second-order valence-electron chi connectivity index (χ2n) is 4.03. The number of hydrogen-bond donors (Lipinski definition) is 1. The lowest BCUT2D eigenvalue weighted by Gasteiger charge is -2.13. The number of aryl methyl sites for hydroxylation is 1. The van der Waals surface area contributed by atoms with Crippen molar-refractivity contribution in [3.8, 4) is 11.4 Å². The first-order valence-corrected chi connectivity index (χ1v) is 6.26. The third kappa shape index (κ3) is 2.43. The van der Waals surface area contributed by atoms with Crippen molar-refractivity contribution in [2.24, 2.45) is 0 Å². The van der Waals surface area contributed by atoms with Gasteiger partial charge in [-0.25, -0.2) is 0 Å². The molecule has 0 unspecified atom stereocenters. The highest BCUT2D eigenvalue weighted by Crippen LogP contribution is 2.18. The SMILES string of the molecule is COc1cccc(-n2cc(CS)c(=O)cc2C)c1. The molecule has 2 aromatic rings. The summed E-state index contributed by atoms with van der Waals surface area (Å²) in [7, 11) is 1.64. The maximum absolute atomic E-state index is 11.7. The molecule has 0 N–H and O–H groups in total. The average Bonchev–Trinajstić information content (AvgIpc) is 2.39. The first-order chi connectivity index (χ1) is 8.65. The Balaban J connectivity index is 2.59. The predicted molar refractivity (Wildman–Crippen MR) is 76.0 cm³/mol. The Morgan fingerprint density at radius 1 is 1.33 bits per heavy atom. The van der Waals surface area contributed by atoms with E-state index in [2.05, 4.69) is 12.6 Å². The molecule has 0 aliphatic heterocycles. The van der Waals surface area contributed by atoms with Gasteiger partial charge in [0.15, 0.2) is 5.43 Å². The van der Waals surface area contributed by atoms with E-state index in [4.69, 9.17) is 4.74 Å². The number of pyridine rings is 1. The van der Waals surface area contributed by atoms with Crippen LogP contribution in [0.5, 0.6) is 5.75 Å². The molecular weight excluding hydrogens is 246 g/mol. The minimum Gasteiger partial charge on any atom is -0.497 e. The van der Waals surface area contributed by atoms with Crippen molar-refractivity contribution in [1.29, 1.82) is 0 Å². The van der Waals surface area contributed by atoms with E-state index in [9.17, 15) is 4.79 Å². The molecule has 18 heavy (non-hydrogen) atoms. The Morgan fingerprint density at radius 2 is 2.11 bits per heavy atom. The summed E-state index contributed by atoms with van der Waals surface area (Å²) in [6.07, 6.45) is 1.83. The zero-order chi connectivity index (χ0) is 13.1. The van der Waals surface area contributed by atoms with Crippen molar-refractivity contribution in [2.75, 3.05) is 7.11 Å². The Morgan fingerprint density at radius 3 is 2.78 bits per heavy atom. The van der Waals surface area contributed by atoms with Crippen LogP contribution in [-0.2, 0) is 5.75 Å². The smallest absolute Gasteiger partial charge is 0.185 e. The third-order valence-electron chi connectivity index (χ3n) is 2.82. The summed E-state index contributed by atoms with van der Waals surface area (Å²) >= 11 is 4.17. The number of benzene rings is 1. The fraction of sp³-hybridized carbons (Fsp3) is 0.214. The van der Waals surface area contributed by atoms with E-state index in [1.807, 2.05) is 42.0 Å². The van der Waals surface area contributed by atoms with E-state index in [-0.39, 0.29) is 5.43 Å².